The van der Waals surface area contributed by atoms with Crippen molar-refractivity contribution in [2.24, 2.45) is 0 Å². The molecule has 0 aromatic heterocycles. The molecule has 0 aromatic carbocycles. The quantitative estimate of drug-likeness (QED) is 0.0232. The second kappa shape index (κ2) is 50.3. The first-order valence-corrected chi connectivity index (χ1v) is 30.0. The number of unbranched alkanes of at least 4 members (excludes halogenated alkanes) is 34. The van der Waals surface area contributed by atoms with E-state index in [1.165, 1.54) is 193 Å². The Kier molecular flexibility index (Phi) is 47.5. The number of hydrogen-bond acceptors (Lipinski definition) is 9. The van der Waals surface area contributed by atoms with Crippen molar-refractivity contribution >= 4 is 5.91 Å². The summed E-state index contributed by atoms with van der Waals surface area (Å²) in [6, 6.07) is -1.00. The van der Waals surface area contributed by atoms with Gasteiger partial charge in [-0.05, 0) is 70.6 Å². The highest BCUT2D eigenvalue weighted by Gasteiger charge is 2.44. The largest absolute Gasteiger partial charge is 0.394 e. The number of carbonyl (C=O) groups is 1. The van der Waals surface area contributed by atoms with Gasteiger partial charge in [-0.3, -0.25) is 4.79 Å². The molecule has 416 valence electrons. The van der Waals surface area contributed by atoms with Crippen LogP contribution < -0.4 is 5.32 Å². The normalized spacial score (nSPS) is 20.0. The molecule has 10 nitrogen and oxygen atoms in total. The molecule has 1 aliphatic rings. The van der Waals surface area contributed by atoms with Gasteiger partial charge in [-0.2, -0.15) is 0 Å². The Morgan fingerprint density at radius 1 is 0.479 bits per heavy atom. The molecule has 0 aliphatic carbocycles. The van der Waals surface area contributed by atoms with Crippen LogP contribution in [0.5, 0.6) is 0 Å². The summed E-state index contributed by atoms with van der Waals surface area (Å²) in [6.45, 7) is 3.60. The number of aliphatic hydroxyl groups is 6. The Bertz CT molecular complexity index is 1270. The molecule has 0 bridgehead atoms. The van der Waals surface area contributed by atoms with Crippen molar-refractivity contribution in [3.8, 4) is 0 Å². The molecule has 0 spiro atoms. The van der Waals surface area contributed by atoms with E-state index in [9.17, 15) is 35.4 Å². The predicted molar refractivity (Wildman–Crippen MR) is 296 cm³/mol. The molecule has 1 aliphatic heterocycles. The van der Waals surface area contributed by atoms with Gasteiger partial charge >= 0.3 is 0 Å². The summed E-state index contributed by atoms with van der Waals surface area (Å²) >= 11 is 0. The van der Waals surface area contributed by atoms with Gasteiger partial charge in [0.05, 0.1) is 25.4 Å². The number of carbonyl (C=O) groups excluding carboxylic acids is 1. The van der Waals surface area contributed by atoms with Crippen LogP contribution in [0.15, 0.2) is 48.6 Å². The van der Waals surface area contributed by atoms with Crippen LogP contribution in [0.1, 0.15) is 271 Å². The lowest BCUT2D eigenvalue weighted by Crippen LogP contribution is -2.60. The van der Waals surface area contributed by atoms with E-state index in [2.05, 4.69) is 55.6 Å². The van der Waals surface area contributed by atoms with E-state index in [4.69, 9.17) is 9.47 Å². The highest BCUT2D eigenvalue weighted by molar-refractivity contribution is 5.80. The molecule has 8 unspecified atom stereocenters. The van der Waals surface area contributed by atoms with Crippen molar-refractivity contribution in [1.29, 1.82) is 0 Å². The maximum atomic E-state index is 13.1. The number of allylic oxidation sites excluding steroid dienone is 7. The van der Waals surface area contributed by atoms with Crippen molar-refractivity contribution in [2.45, 2.75) is 320 Å². The Balaban J connectivity index is 2.19. The van der Waals surface area contributed by atoms with E-state index >= 15 is 0 Å². The van der Waals surface area contributed by atoms with E-state index in [0.29, 0.717) is 19.3 Å². The standard InChI is InChI=1S/C61H113NO9/c1-3-5-7-9-11-13-15-17-19-20-21-22-23-24-25-26-27-28-29-30-31-32-33-34-36-38-40-42-44-46-48-50-55(65)60(69)62-53(52-70-61-59(68)58(67)57(66)56(51-63)71-61)54(64)49-47-45-43-41-39-37-35-18-16-14-12-10-8-6-4-2/h16,18,24-25,39,41,47,49,53-59,61,63-68H,3-15,17,19-23,26-38,40,42-46,48,50-52H2,1-2H3,(H,62,69)/b18-16+,25-24-,41-39+,49-47+. The first-order valence-electron chi connectivity index (χ1n) is 30.0. The highest BCUT2D eigenvalue weighted by atomic mass is 16.7. The average molecular weight is 1000 g/mol. The average Bonchev–Trinajstić information content (AvgIpc) is 3.37. The van der Waals surface area contributed by atoms with E-state index in [-0.39, 0.29) is 6.61 Å². The van der Waals surface area contributed by atoms with Crippen LogP contribution in [0.2, 0.25) is 0 Å². The van der Waals surface area contributed by atoms with Gasteiger partial charge in [-0.15, -0.1) is 0 Å². The third-order valence-electron chi connectivity index (χ3n) is 14.2. The second-order valence-corrected chi connectivity index (χ2v) is 20.9. The third-order valence-corrected chi connectivity index (χ3v) is 14.2. The fourth-order valence-electron chi connectivity index (χ4n) is 9.37. The molecule has 1 amide bonds. The summed E-state index contributed by atoms with van der Waals surface area (Å²) in [5.74, 6) is -0.628. The van der Waals surface area contributed by atoms with Crippen LogP contribution in [-0.2, 0) is 14.3 Å². The van der Waals surface area contributed by atoms with Crippen LogP contribution in [0.4, 0.5) is 0 Å². The molecule has 1 heterocycles. The summed E-state index contributed by atoms with van der Waals surface area (Å²) in [5, 5.41) is 65.0. The Morgan fingerprint density at radius 2 is 0.831 bits per heavy atom. The van der Waals surface area contributed by atoms with Crippen molar-refractivity contribution in [3.05, 3.63) is 48.6 Å². The van der Waals surface area contributed by atoms with Gasteiger partial charge in [0.2, 0.25) is 5.91 Å². The number of aliphatic hydroxyl groups excluding tert-OH is 6. The minimum atomic E-state index is -1.62. The third kappa shape index (κ3) is 39.2. The predicted octanol–water partition coefficient (Wildman–Crippen LogP) is 13.9. The van der Waals surface area contributed by atoms with Crippen LogP contribution in [0.3, 0.4) is 0 Å². The number of rotatable bonds is 51. The second-order valence-electron chi connectivity index (χ2n) is 20.9. The maximum Gasteiger partial charge on any atom is 0.249 e. The number of ether oxygens (including phenoxy) is 2. The molecular weight excluding hydrogens is 891 g/mol. The van der Waals surface area contributed by atoms with Gasteiger partial charge in [0.1, 0.15) is 30.5 Å². The number of amides is 1. The van der Waals surface area contributed by atoms with Gasteiger partial charge in [-0.1, -0.05) is 249 Å². The molecule has 0 aromatic rings. The molecule has 1 rings (SSSR count). The summed E-state index contributed by atoms with van der Waals surface area (Å²) in [7, 11) is 0. The lowest BCUT2D eigenvalue weighted by atomic mass is 9.99. The smallest absolute Gasteiger partial charge is 0.249 e. The zero-order valence-electron chi connectivity index (χ0n) is 45.8. The fourth-order valence-corrected chi connectivity index (χ4v) is 9.37. The number of hydrogen-bond donors (Lipinski definition) is 7. The Labute approximate surface area is 436 Å². The lowest BCUT2D eigenvalue weighted by Gasteiger charge is -2.40. The molecule has 1 saturated heterocycles. The van der Waals surface area contributed by atoms with Crippen LogP contribution in [-0.4, -0.2) is 98.7 Å². The zero-order chi connectivity index (χ0) is 51.7. The summed E-state index contributed by atoms with van der Waals surface area (Å²) in [5.41, 5.74) is 0. The number of nitrogens with one attached hydrogen (secondary N) is 1. The summed E-state index contributed by atoms with van der Waals surface area (Å²) in [4.78, 5) is 13.1. The molecule has 8 atom stereocenters. The fraction of sp³-hybridized carbons (Fsp3) is 0.852. The van der Waals surface area contributed by atoms with Gasteiger partial charge in [0.15, 0.2) is 6.29 Å². The Morgan fingerprint density at radius 3 is 1.23 bits per heavy atom. The van der Waals surface area contributed by atoms with Crippen molar-refractivity contribution in [2.75, 3.05) is 13.2 Å². The van der Waals surface area contributed by atoms with Gasteiger partial charge in [0, 0.05) is 0 Å². The molecule has 7 N–H and O–H groups in total. The zero-order valence-corrected chi connectivity index (χ0v) is 45.8. The van der Waals surface area contributed by atoms with E-state index in [0.717, 1.165) is 44.9 Å². The van der Waals surface area contributed by atoms with Crippen molar-refractivity contribution < 1.29 is 44.9 Å². The van der Waals surface area contributed by atoms with Gasteiger partial charge in [0.25, 0.3) is 0 Å². The molecule has 0 saturated carbocycles. The highest BCUT2D eigenvalue weighted by Crippen LogP contribution is 2.23. The summed E-state index contributed by atoms with van der Waals surface area (Å²) < 4.78 is 11.2. The summed E-state index contributed by atoms with van der Waals surface area (Å²) in [6.07, 6.45) is 56.6. The Hall–Kier alpha value is -1.89. The molecule has 0 radical (unpaired) electrons. The first kappa shape index (κ1) is 67.1. The van der Waals surface area contributed by atoms with Crippen molar-refractivity contribution in [3.63, 3.8) is 0 Å². The van der Waals surface area contributed by atoms with Crippen LogP contribution >= 0.6 is 0 Å². The molecule has 71 heavy (non-hydrogen) atoms. The molecular formula is C61H113NO9. The monoisotopic (exact) mass is 1000 g/mol. The topological polar surface area (TPSA) is 169 Å². The molecule has 10 heteroatoms. The maximum absolute atomic E-state index is 13.1. The van der Waals surface area contributed by atoms with Gasteiger partial charge in [-0.25, -0.2) is 0 Å². The molecule has 1 fully saturated rings. The van der Waals surface area contributed by atoms with E-state index in [1.54, 1.807) is 6.08 Å². The minimum absolute atomic E-state index is 0.301. The van der Waals surface area contributed by atoms with Crippen LogP contribution in [0, 0.1) is 0 Å². The minimum Gasteiger partial charge on any atom is -0.394 e. The lowest BCUT2D eigenvalue weighted by molar-refractivity contribution is -0.302. The SMILES string of the molecule is CCCCCCC/C=C/CC/C=C/CC/C=C/C(O)C(COC1OC(CO)C(O)C(O)C1O)NC(=O)C(O)CCCCCCCCCCCCCCCCC/C=C\CCCCCCCCCCCCCC. The van der Waals surface area contributed by atoms with E-state index < -0.39 is 61.5 Å². The van der Waals surface area contributed by atoms with Crippen LogP contribution in [0.25, 0.3) is 0 Å². The van der Waals surface area contributed by atoms with Gasteiger partial charge < -0.3 is 45.4 Å². The first-order chi connectivity index (χ1) is 34.8. The van der Waals surface area contributed by atoms with E-state index in [1.807, 2.05) is 6.08 Å². The van der Waals surface area contributed by atoms with Crippen molar-refractivity contribution in [1.82, 2.24) is 5.32 Å².